The van der Waals surface area contributed by atoms with Crippen LogP contribution in [0.1, 0.15) is 64.7 Å². The van der Waals surface area contributed by atoms with E-state index < -0.39 is 0 Å². The second-order valence-electron chi connectivity index (χ2n) is 9.18. The first kappa shape index (κ1) is 18.9. The molecule has 2 aliphatic carbocycles. The molecule has 4 heteroatoms. The highest BCUT2D eigenvalue weighted by Crippen LogP contribution is 2.58. The van der Waals surface area contributed by atoms with Gasteiger partial charge in [0, 0.05) is 24.1 Å². The number of halogens is 1. The van der Waals surface area contributed by atoms with E-state index >= 15 is 0 Å². The zero-order valence-electron chi connectivity index (χ0n) is 17.6. The Morgan fingerprint density at radius 1 is 1.06 bits per heavy atom. The van der Waals surface area contributed by atoms with Gasteiger partial charge in [-0.25, -0.2) is 9.18 Å². The van der Waals surface area contributed by atoms with Crippen LogP contribution in [-0.2, 0) is 4.74 Å². The van der Waals surface area contributed by atoms with Crippen LogP contribution in [-0.4, -0.2) is 19.1 Å². The van der Waals surface area contributed by atoms with E-state index in [1.54, 1.807) is 12.1 Å². The van der Waals surface area contributed by atoms with Gasteiger partial charge in [0.2, 0.25) is 0 Å². The lowest BCUT2D eigenvalue weighted by atomic mass is 9.70. The summed E-state index contributed by atoms with van der Waals surface area (Å²) in [5.74, 6) is 1.06. The van der Waals surface area contributed by atoms with Gasteiger partial charge >= 0.3 is 5.97 Å². The molecule has 0 fully saturated rings. The highest BCUT2D eigenvalue weighted by molar-refractivity contribution is 5.92. The maximum Gasteiger partial charge on any atom is 0.338 e. The molecule has 0 unspecified atom stereocenters. The van der Waals surface area contributed by atoms with Gasteiger partial charge in [-0.05, 0) is 72.6 Å². The minimum absolute atomic E-state index is 0.195. The number of anilines is 1. The molecule has 0 N–H and O–H groups in total. The van der Waals surface area contributed by atoms with Gasteiger partial charge in [-0.15, -0.1) is 0 Å². The predicted octanol–water partition coefficient (Wildman–Crippen LogP) is 5.90. The van der Waals surface area contributed by atoms with Gasteiger partial charge in [0.1, 0.15) is 5.82 Å². The molecule has 2 heterocycles. The summed E-state index contributed by atoms with van der Waals surface area (Å²) in [6.45, 7) is 3.21. The Labute approximate surface area is 182 Å². The normalized spacial score (nSPS) is 29.5. The zero-order valence-corrected chi connectivity index (χ0v) is 17.6. The maximum atomic E-state index is 13.7. The lowest BCUT2D eigenvalue weighted by Gasteiger charge is -2.51. The molecule has 2 aromatic rings. The number of benzene rings is 2. The van der Waals surface area contributed by atoms with Crippen LogP contribution in [0.25, 0.3) is 0 Å². The summed E-state index contributed by atoms with van der Waals surface area (Å²) in [5.41, 5.74) is 5.61. The Kier molecular flexibility index (Phi) is 4.31. The van der Waals surface area contributed by atoms with Crippen molar-refractivity contribution >= 4 is 11.7 Å². The van der Waals surface area contributed by atoms with E-state index in [1.165, 1.54) is 22.4 Å². The van der Waals surface area contributed by atoms with E-state index in [1.807, 2.05) is 19.1 Å². The predicted molar refractivity (Wildman–Crippen MR) is 119 cm³/mol. The molecular formula is C27H26FNO2. The summed E-state index contributed by atoms with van der Waals surface area (Å²) < 4.78 is 19.1. The quantitative estimate of drug-likeness (QED) is 0.462. The summed E-state index contributed by atoms with van der Waals surface area (Å²) in [4.78, 5) is 15.3. The molecule has 0 bridgehead atoms. The molecule has 31 heavy (non-hydrogen) atoms. The van der Waals surface area contributed by atoms with Crippen LogP contribution < -0.4 is 4.90 Å². The Morgan fingerprint density at radius 3 is 2.55 bits per heavy atom. The summed E-state index contributed by atoms with van der Waals surface area (Å²) in [7, 11) is 0. The molecule has 0 radical (unpaired) electrons. The van der Waals surface area contributed by atoms with Gasteiger partial charge < -0.3 is 9.64 Å². The number of fused-ring (bicyclic) bond motifs is 4. The molecule has 158 valence electrons. The SMILES string of the molecule is CCOC(=O)c1cc2c3c(c1)[C@@H]1C=CC[C@H]1[C@H](c1ccc(F)cc1)N3C[C@H]1CC=C[C@H]21. The summed E-state index contributed by atoms with van der Waals surface area (Å²) in [5, 5.41) is 0. The van der Waals surface area contributed by atoms with Gasteiger partial charge in [-0.2, -0.15) is 0 Å². The van der Waals surface area contributed by atoms with Crippen LogP contribution >= 0.6 is 0 Å². The Morgan fingerprint density at radius 2 is 1.77 bits per heavy atom. The number of carbonyl (C=O) groups is 1. The maximum absolute atomic E-state index is 13.7. The monoisotopic (exact) mass is 415 g/mol. The number of carbonyl (C=O) groups excluding carboxylic acids is 1. The molecule has 3 nitrogen and oxygen atoms in total. The molecule has 5 atom stereocenters. The lowest BCUT2D eigenvalue weighted by Crippen LogP contribution is -2.46. The molecule has 0 spiro atoms. The highest BCUT2D eigenvalue weighted by Gasteiger charge is 2.48. The Balaban J connectivity index is 1.56. The van der Waals surface area contributed by atoms with Crippen molar-refractivity contribution in [2.75, 3.05) is 18.1 Å². The zero-order chi connectivity index (χ0) is 21.1. The van der Waals surface area contributed by atoms with Crippen LogP contribution in [0, 0.1) is 17.7 Å². The largest absolute Gasteiger partial charge is 0.462 e. The fourth-order valence-electron chi connectivity index (χ4n) is 6.35. The minimum Gasteiger partial charge on any atom is -0.462 e. The third-order valence-electron chi connectivity index (χ3n) is 7.57. The van der Waals surface area contributed by atoms with E-state index in [-0.39, 0.29) is 23.7 Å². The first-order chi connectivity index (χ1) is 15.2. The van der Waals surface area contributed by atoms with Crippen molar-refractivity contribution in [1.29, 1.82) is 0 Å². The third kappa shape index (κ3) is 2.80. The van der Waals surface area contributed by atoms with Crippen molar-refractivity contribution in [2.24, 2.45) is 11.8 Å². The van der Waals surface area contributed by atoms with Crippen molar-refractivity contribution in [2.45, 2.75) is 37.6 Å². The number of rotatable bonds is 3. The van der Waals surface area contributed by atoms with Crippen LogP contribution in [0.4, 0.5) is 10.1 Å². The molecule has 0 saturated heterocycles. The van der Waals surface area contributed by atoms with E-state index in [0.717, 1.165) is 19.4 Å². The van der Waals surface area contributed by atoms with Crippen LogP contribution in [0.15, 0.2) is 60.7 Å². The van der Waals surface area contributed by atoms with Gasteiger partial charge in [0.05, 0.1) is 18.2 Å². The molecule has 4 aliphatic rings. The van der Waals surface area contributed by atoms with Crippen LogP contribution in [0.3, 0.4) is 0 Å². The van der Waals surface area contributed by atoms with Crippen LogP contribution in [0.2, 0.25) is 0 Å². The second-order valence-corrected chi connectivity index (χ2v) is 9.18. The van der Waals surface area contributed by atoms with Crippen molar-refractivity contribution in [3.05, 3.63) is 88.8 Å². The number of nitrogens with zero attached hydrogens (tertiary/aromatic N) is 1. The summed E-state index contributed by atoms with van der Waals surface area (Å²) >= 11 is 0. The third-order valence-corrected chi connectivity index (χ3v) is 7.57. The van der Waals surface area contributed by atoms with E-state index in [9.17, 15) is 9.18 Å². The van der Waals surface area contributed by atoms with E-state index in [0.29, 0.717) is 29.9 Å². The van der Waals surface area contributed by atoms with Gasteiger partial charge in [0.15, 0.2) is 0 Å². The van der Waals surface area contributed by atoms with E-state index in [2.05, 4.69) is 41.3 Å². The topological polar surface area (TPSA) is 29.5 Å². The minimum atomic E-state index is -0.239. The fraction of sp³-hybridized carbons (Fsp3) is 0.370. The first-order valence-electron chi connectivity index (χ1n) is 11.4. The van der Waals surface area contributed by atoms with Crippen molar-refractivity contribution in [3.63, 3.8) is 0 Å². The molecule has 2 aromatic carbocycles. The number of hydrogen-bond donors (Lipinski definition) is 0. The Hall–Kier alpha value is -2.88. The summed E-state index contributed by atoms with van der Waals surface area (Å²) in [6.07, 6.45) is 11.2. The van der Waals surface area contributed by atoms with Gasteiger partial charge in [-0.3, -0.25) is 0 Å². The molecule has 0 aromatic heterocycles. The lowest BCUT2D eigenvalue weighted by molar-refractivity contribution is 0.0526. The average molecular weight is 416 g/mol. The molecule has 0 saturated carbocycles. The van der Waals surface area contributed by atoms with Gasteiger partial charge in [0.25, 0.3) is 0 Å². The number of hydrogen-bond acceptors (Lipinski definition) is 3. The molecule has 6 rings (SSSR count). The molecular weight excluding hydrogens is 389 g/mol. The molecule has 2 aliphatic heterocycles. The fourth-order valence-corrected chi connectivity index (χ4v) is 6.35. The summed E-state index contributed by atoms with van der Waals surface area (Å²) in [6, 6.07) is 11.4. The van der Waals surface area contributed by atoms with Crippen molar-refractivity contribution in [3.8, 4) is 0 Å². The van der Waals surface area contributed by atoms with Gasteiger partial charge in [-0.1, -0.05) is 36.4 Å². The number of ether oxygens (including phenoxy) is 1. The smallest absolute Gasteiger partial charge is 0.338 e. The van der Waals surface area contributed by atoms with E-state index in [4.69, 9.17) is 4.74 Å². The first-order valence-corrected chi connectivity index (χ1v) is 11.4. The average Bonchev–Trinajstić information content (AvgIpc) is 3.44. The number of allylic oxidation sites excluding steroid dienone is 4. The van der Waals surface area contributed by atoms with Crippen molar-refractivity contribution < 1.29 is 13.9 Å². The number of esters is 1. The highest BCUT2D eigenvalue weighted by atomic mass is 19.1. The standard InChI is InChI=1S/C27H26FNO2/c1-2-31-27(30)18-13-23-20-6-3-5-17(20)15-29-25(16-9-11-19(28)12-10-16)22-8-4-7-21(22)24(14-18)26(23)29/h3-4,6-7,9-14,17,20-22,25H,2,5,8,15H2,1H3/t17-,20+,21-,22-,25+/m1/s1. The molecule has 0 amide bonds. The van der Waals surface area contributed by atoms with Crippen molar-refractivity contribution in [1.82, 2.24) is 0 Å². The van der Waals surface area contributed by atoms with Crippen LogP contribution in [0.5, 0.6) is 0 Å². The Bertz CT molecular complexity index is 1090. The second kappa shape index (κ2) is 7.08.